The van der Waals surface area contributed by atoms with Gasteiger partial charge in [-0.3, -0.25) is 0 Å². The van der Waals surface area contributed by atoms with Crippen LogP contribution >= 0.6 is 11.3 Å². The van der Waals surface area contributed by atoms with E-state index in [2.05, 4.69) is 26.8 Å². The fourth-order valence-corrected chi connectivity index (χ4v) is 3.14. The number of phenols is 1. The molecule has 0 aliphatic heterocycles. The molecular weight excluding hydrogens is 308 g/mol. The largest absolute Gasteiger partial charge is 0.508 e. The van der Waals surface area contributed by atoms with Gasteiger partial charge in [0.2, 0.25) is 0 Å². The summed E-state index contributed by atoms with van der Waals surface area (Å²) in [6, 6.07) is 13.1. The molecule has 4 rings (SSSR count). The number of hydrogen-bond acceptors (Lipinski definition) is 5. The van der Waals surface area contributed by atoms with Crippen LogP contribution in [0.4, 0.5) is 5.82 Å². The predicted molar refractivity (Wildman–Crippen MR) is 91.7 cm³/mol. The highest BCUT2D eigenvalue weighted by Crippen LogP contribution is 2.27. The summed E-state index contributed by atoms with van der Waals surface area (Å²) < 4.78 is 1.78. The van der Waals surface area contributed by atoms with Crippen LogP contribution in [-0.2, 0) is 6.54 Å². The van der Waals surface area contributed by atoms with Gasteiger partial charge >= 0.3 is 0 Å². The van der Waals surface area contributed by atoms with E-state index in [1.807, 2.05) is 24.3 Å². The Kier molecular flexibility index (Phi) is 3.44. The first-order chi connectivity index (χ1) is 11.3. The Labute approximate surface area is 136 Å². The molecule has 23 heavy (non-hydrogen) atoms. The van der Waals surface area contributed by atoms with Gasteiger partial charge in [0, 0.05) is 16.6 Å². The van der Waals surface area contributed by atoms with Crippen LogP contribution in [0.5, 0.6) is 5.75 Å². The normalized spacial score (nSPS) is 11.0. The topological polar surface area (TPSA) is 62.5 Å². The molecule has 0 saturated heterocycles. The van der Waals surface area contributed by atoms with Gasteiger partial charge in [-0.2, -0.15) is 9.61 Å². The number of aromatic hydroxyl groups is 1. The third-order valence-electron chi connectivity index (χ3n) is 3.58. The molecule has 114 valence electrons. The molecule has 0 fully saturated rings. The Morgan fingerprint density at radius 3 is 2.96 bits per heavy atom. The zero-order valence-corrected chi connectivity index (χ0v) is 13.0. The minimum Gasteiger partial charge on any atom is -0.508 e. The van der Waals surface area contributed by atoms with Crippen LogP contribution in [-0.4, -0.2) is 19.7 Å². The minimum atomic E-state index is 0.230. The van der Waals surface area contributed by atoms with Crippen molar-refractivity contribution in [3.05, 3.63) is 65.1 Å². The average molecular weight is 322 g/mol. The average Bonchev–Trinajstić information content (AvgIpc) is 3.22. The Hall–Kier alpha value is -2.86. The molecule has 0 radical (unpaired) electrons. The molecule has 0 aliphatic rings. The summed E-state index contributed by atoms with van der Waals surface area (Å²) >= 11 is 1.72. The highest BCUT2D eigenvalue weighted by Gasteiger charge is 2.11. The van der Waals surface area contributed by atoms with Crippen molar-refractivity contribution in [3.8, 4) is 16.9 Å². The van der Waals surface area contributed by atoms with Crippen molar-refractivity contribution in [1.82, 2.24) is 14.6 Å². The molecule has 6 heteroatoms. The highest BCUT2D eigenvalue weighted by molar-refractivity contribution is 7.09. The lowest BCUT2D eigenvalue weighted by Crippen LogP contribution is -2.04. The number of aromatic nitrogens is 3. The molecule has 0 aliphatic carbocycles. The van der Waals surface area contributed by atoms with Gasteiger partial charge in [0.1, 0.15) is 11.6 Å². The number of benzene rings is 1. The summed E-state index contributed by atoms with van der Waals surface area (Å²) in [7, 11) is 0. The number of nitrogens with zero attached hydrogens (tertiary/aromatic N) is 3. The monoisotopic (exact) mass is 322 g/mol. The smallest absolute Gasteiger partial charge is 0.165 e. The third-order valence-corrected chi connectivity index (χ3v) is 4.46. The van der Waals surface area contributed by atoms with E-state index in [1.54, 1.807) is 40.4 Å². The summed E-state index contributed by atoms with van der Waals surface area (Å²) in [6.07, 6.45) is 3.54. The number of nitrogens with one attached hydrogen (secondary N) is 1. The van der Waals surface area contributed by atoms with Crippen LogP contribution in [0.15, 0.2) is 60.2 Å². The highest BCUT2D eigenvalue weighted by atomic mass is 32.1. The van der Waals surface area contributed by atoms with E-state index >= 15 is 0 Å². The van der Waals surface area contributed by atoms with Crippen LogP contribution in [0, 0.1) is 0 Å². The van der Waals surface area contributed by atoms with Crippen LogP contribution < -0.4 is 5.32 Å². The maximum absolute atomic E-state index is 9.67. The molecule has 5 nitrogen and oxygen atoms in total. The van der Waals surface area contributed by atoms with Gasteiger partial charge in [0.25, 0.3) is 0 Å². The maximum atomic E-state index is 9.67. The van der Waals surface area contributed by atoms with Gasteiger partial charge in [-0.1, -0.05) is 18.2 Å². The van der Waals surface area contributed by atoms with Crippen molar-refractivity contribution in [2.24, 2.45) is 0 Å². The molecule has 0 spiro atoms. The predicted octanol–water partition coefficient (Wildman–Crippen LogP) is 3.78. The quantitative estimate of drug-likeness (QED) is 0.600. The zero-order chi connectivity index (χ0) is 15.6. The van der Waals surface area contributed by atoms with E-state index in [0.717, 1.165) is 29.1 Å². The van der Waals surface area contributed by atoms with Crippen molar-refractivity contribution >= 4 is 22.8 Å². The van der Waals surface area contributed by atoms with Crippen molar-refractivity contribution < 1.29 is 5.11 Å². The van der Waals surface area contributed by atoms with Crippen molar-refractivity contribution in [1.29, 1.82) is 0 Å². The molecule has 2 N–H and O–H groups in total. The molecule has 1 aromatic carbocycles. The van der Waals surface area contributed by atoms with Gasteiger partial charge in [0.15, 0.2) is 5.65 Å². The molecule has 0 amide bonds. The number of anilines is 1. The summed E-state index contributed by atoms with van der Waals surface area (Å²) in [5.41, 5.74) is 2.54. The van der Waals surface area contributed by atoms with Gasteiger partial charge in [-0.05, 0) is 35.2 Å². The first-order valence-corrected chi connectivity index (χ1v) is 8.07. The maximum Gasteiger partial charge on any atom is 0.165 e. The van der Waals surface area contributed by atoms with Gasteiger partial charge < -0.3 is 10.4 Å². The lowest BCUT2D eigenvalue weighted by atomic mass is 10.1. The number of thiophene rings is 1. The molecule has 3 heterocycles. The number of fused-ring (bicyclic) bond motifs is 1. The lowest BCUT2D eigenvalue weighted by Gasteiger charge is -2.07. The molecule has 3 aromatic heterocycles. The van der Waals surface area contributed by atoms with Crippen LogP contribution in [0.1, 0.15) is 4.88 Å². The Balaban J connectivity index is 1.71. The van der Waals surface area contributed by atoms with E-state index in [0.29, 0.717) is 0 Å². The second kappa shape index (κ2) is 5.73. The van der Waals surface area contributed by atoms with E-state index in [9.17, 15) is 5.11 Å². The van der Waals surface area contributed by atoms with Gasteiger partial charge in [-0.15, -0.1) is 11.3 Å². The summed E-state index contributed by atoms with van der Waals surface area (Å²) in [5, 5.41) is 19.6. The summed E-state index contributed by atoms with van der Waals surface area (Å²) in [6.45, 7) is 0.748. The van der Waals surface area contributed by atoms with Crippen molar-refractivity contribution in [2.45, 2.75) is 6.54 Å². The third kappa shape index (κ3) is 2.64. The fraction of sp³-hybridized carbons (Fsp3) is 0.0588. The first kappa shape index (κ1) is 13.8. The molecule has 0 saturated carbocycles. The zero-order valence-electron chi connectivity index (χ0n) is 12.2. The Morgan fingerprint density at radius 2 is 2.13 bits per heavy atom. The summed E-state index contributed by atoms with van der Waals surface area (Å²) in [5.74, 6) is 1.11. The van der Waals surface area contributed by atoms with E-state index in [1.165, 1.54) is 4.88 Å². The minimum absolute atomic E-state index is 0.230. The molecule has 0 bridgehead atoms. The molecular formula is C17H14N4OS. The molecule has 0 atom stereocenters. The number of phenolic OH excluding ortho intramolecular Hbond substituents is 1. The SMILES string of the molecule is Oc1cccc(-c2cnn3c(NCc4cccs4)ccnc23)c1. The Morgan fingerprint density at radius 1 is 1.17 bits per heavy atom. The summed E-state index contributed by atoms with van der Waals surface area (Å²) in [4.78, 5) is 5.69. The fourth-order valence-electron chi connectivity index (χ4n) is 2.49. The lowest BCUT2D eigenvalue weighted by molar-refractivity contribution is 0.475. The van der Waals surface area contributed by atoms with Crippen molar-refractivity contribution in [2.75, 3.05) is 5.32 Å². The van der Waals surface area contributed by atoms with Gasteiger partial charge in [0.05, 0.1) is 12.7 Å². The van der Waals surface area contributed by atoms with Crippen LogP contribution in [0.2, 0.25) is 0 Å². The van der Waals surface area contributed by atoms with Crippen LogP contribution in [0.25, 0.3) is 16.8 Å². The van der Waals surface area contributed by atoms with E-state index < -0.39 is 0 Å². The standard InChI is InChI=1S/C17H14N4OS/c22-13-4-1-3-12(9-13)15-11-20-21-16(6-7-18-17(15)21)19-10-14-5-2-8-23-14/h1-9,11,19,22H,10H2. The van der Waals surface area contributed by atoms with E-state index in [4.69, 9.17) is 0 Å². The van der Waals surface area contributed by atoms with Crippen LogP contribution in [0.3, 0.4) is 0 Å². The molecule has 4 aromatic rings. The molecule has 0 unspecified atom stereocenters. The van der Waals surface area contributed by atoms with E-state index in [-0.39, 0.29) is 5.75 Å². The number of rotatable bonds is 4. The van der Waals surface area contributed by atoms with Gasteiger partial charge in [-0.25, -0.2) is 4.98 Å². The second-order valence-electron chi connectivity index (χ2n) is 5.11. The Bertz CT molecular complexity index is 946. The number of hydrogen-bond donors (Lipinski definition) is 2. The second-order valence-corrected chi connectivity index (χ2v) is 6.14. The first-order valence-electron chi connectivity index (χ1n) is 7.20. The van der Waals surface area contributed by atoms with Crippen molar-refractivity contribution in [3.63, 3.8) is 0 Å².